The number of nitrogens with zero attached hydrogens (tertiary/aromatic N) is 1. The third kappa shape index (κ3) is 4.58. The molecule has 27 heavy (non-hydrogen) atoms. The number of nitrogens with one attached hydrogen (secondary N) is 2. The van der Waals surface area contributed by atoms with Crippen LogP contribution in [0.1, 0.15) is 28.8 Å². The predicted molar refractivity (Wildman–Crippen MR) is 116 cm³/mol. The monoisotopic (exact) mass is 419 g/mol. The van der Waals surface area contributed by atoms with Crippen LogP contribution in [0.4, 0.5) is 5.69 Å². The minimum absolute atomic E-state index is 0.146. The number of fused-ring (bicyclic) bond motifs is 1. The largest absolute Gasteiger partial charge is 0.313 e. The molecule has 1 aromatic carbocycles. The van der Waals surface area contributed by atoms with E-state index in [1.54, 1.807) is 0 Å². The van der Waals surface area contributed by atoms with Gasteiger partial charge in [0.05, 0.1) is 10.4 Å². The number of carbonyl (C=O) groups excluding carboxylic acids is 1. The highest BCUT2D eigenvalue weighted by Crippen LogP contribution is 2.27. The van der Waals surface area contributed by atoms with Gasteiger partial charge in [-0.15, -0.1) is 11.3 Å². The number of rotatable bonds is 5. The molecule has 142 valence electrons. The molecule has 1 aromatic heterocycles. The molecule has 0 unspecified atom stereocenters. The maximum atomic E-state index is 12.8. The summed E-state index contributed by atoms with van der Waals surface area (Å²) in [6.07, 6.45) is 5.05. The number of halogens is 1. The number of benzene rings is 1. The molecule has 1 saturated heterocycles. The standard InChI is InChI=1S/C20H22ClN3OS2/c21-19-6-5-17(27-19)8-11-26-23-18-7-10-24(20(18)25)16-4-3-15-13-22-9-1-2-14(15)12-16/h3-6,8,11-12,18,22-23H,1-2,7,9-10,13H2/b11-8+/t18-/m0/s1. The summed E-state index contributed by atoms with van der Waals surface area (Å²) < 4.78 is 4.06. The van der Waals surface area contributed by atoms with Crippen molar-refractivity contribution >= 4 is 52.6 Å². The number of amides is 1. The zero-order valence-electron chi connectivity index (χ0n) is 14.9. The van der Waals surface area contributed by atoms with Gasteiger partial charge in [0.2, 0.25) is 5.91 Å². The lowest BCUT2D eigenvalue weighted by Gasteiger charge is -2.19. The Kier molecular flexibility index (Phi) is 6.20. The fourth-order valence-corrected chi connectivity index (χ4v) is 5.22. The Morgan fingerprint density at radius 2 is 2.22 bits per heavy atom. The number of aryl methyl sites for hydroxylation is 1. The highest BCUT2D eigenvalue weighted by atomic mass is 35.5. The minimum atomic E-state index is -0.146. The van der Waals surface area contributed by atoms with Crippen molar-refractivity contribution in [3.8, 4) is 0 Å². The fourth-order valence-electron chi connectivity index (χ4n) is 3.50. The van der Waals surface area contributed by atoms with Crippen LogP contribution in [0.3, 0.4) is 0 Å². The van der Waals surface area contributed by atoms with Crippen molar-refractivity contribution in [2.24, 2.45) is 0 Å². The van der Waals surface area contributed by atoms with Crippen LogP contribution in [0, 0.1) is 0 Å². The molecule has 3 heterocycles. The zero-order chi connectivity index (χ0) is 18.6. The van der Waals surface area contributed by atoms with E-state index in [1.165, 1.54) is 34.4 Å². The lowest BCUT2D eigenvalue weighted by Crippen LogP contribution is -2.35. The van der Waals surface area contributed by atoms with Crippen molar-refractivity contribution in [2.45, 2.75) is 31.8 Å². The Morgan fingerprint density at radius 3 is 3.07 bits per heavy atom. The van der Waals surface area contributed by atoms with Crippen molar-refractivity contribution in [1.29, 1.82) is 0 Å². The minimum Gasteiger partial charge on any atom is -0.313 e. The molecule has 2 aliphatic rings. The van der Waals surface area contributed by atoms with E-state index in [0.29, 0.717) is 0 Å². The fraction of sp³-hybridized carbons (Fsp3) is 0.350. The lowest BCUT2D eigenvalue weighted by atomic mass is 10.0. The number of hydrogen-bond acceptors (Lipinski definition) is 5. The summed E-state index contributed by atoms with van der Waals surface area (Å²) in [5.74, 6) is 0.154. The molecule has 2 aromatic rings. The third-order valence-electron chi connectivity index (χ3n) is 4.93. The van der Waals surface area contributed by atoms with Crippen LogP contribution >= 0.6 is 34.9 Å². The van der Waals surface area contributed by atoms with Crippen molar-refractivity contribution in [3.05, 3.63) is 56.1 Å². The summed E-state index contributed by atoms with van der Waals surface area (Å²) in [7, 11) is 0. The maximum absolute atomic E-state index is 12.8. The zero-order valence-corrected chi connectivity index (χ0v) is 17.3. The molecule has 7 heteroatoms. The average molecular weight is 420 g/mol. The molecule has 0 spiro atoms. The van der Waals surface area contributed by atoms with Crippen molar-refractivity contribution < 1.29 is 4.79 Å². The Bertz CT molecular complexity index is 852. The Labute approximate surface area is 173 Å². The Balaban J connectivity index is 1.35. The first kappa shape index (κ1) is 19.0. The van der Waals surface area contributed by atoms with Crippen molar-refractivity contribution in [1.82, 2.24) is 10.0 Å². The first-order valence-electron chi connectivity index (χ1n) is 9.18. The van der Waals surface area contributed by atoms with E-state index in [2.05, 4.69) is 28.2 Å². The van der Waals surface area contributed by atoms with Gasteiger partial charge < -0.3 is 10.2 Å². The van der Waals surface area contributed by atoms with Gasteiger partial charge >= 0.3 is 0 Å². The van der Waals surface area contributed by atoms with Crippen LogP contribution in [-0.2, 0) is 17.8 Å². The molecular weight excluding hydrogens is 398 g/mol. The smallest absolute Gasteiger partial charge is 0.245 e. The molecule has 1 fully saturated rings. The van der Waals surface area contributed by atoms with E-state index in [9.17, 15) is 4.79 Å². The maximum Gasteiger partial charge on any atom is 0.245 e. The van der Waals surface area contributed by atoms with Gasteiger partial charge in [-0.1, -0.05) is 29.6 Å². The summed E-state index contributed by atoms with van der Waals surface area (Å²) in [5.41, 5.74) is 3.75. The van der Waals surface area contributed by atoms with E-state index >= 15 is 0 Å². The lowest BCUT2D eigenvalue weighted by molar-refractivity contribution is -0.118. The second-order valence-electron chi connectivity index (χ2n) is 6.74. The van der Waals surface area contributed by atoms with Gasteiger partial charge in [-0.2, -0.15) is 0 Å². The molecule has 1 amide bonds. The normalized spacial score (nSPS) is 20.3. The van der Waals surface area contributed by atoms with Crippen LogP contribution in [-0.4, -0.2) is 25.0 Å². The molecule has 0 bridgehead atoms. The number of anilines is 1. The molecule has 0 aliphatic carbocycles. The van der Waals surface area contributed by atoms with Gasteiger partial charge in [-0.05, 0) is 72.7 Å². The Morgan fingerprint density at radius 1 is 1.30 bits per heavy atom. The molecule has 4 nitrogen and oxygen atoms in total. The van der Waals surface area contributed by atoms with E-state index in [1.807, 2.05) is 28.5 Å². The van der Waals surface area contributed by atoms with Crippen molar-refractivity contribution in [2.75, 3.05) is 18.0 Å². The molecule has 2 N–H and O–H groups in total. The van der Waals surface area contributed by atoms with Crippen LogP contribution in [0.5, 0.6) is 0 Å². The number of carbonyl (C=O) groups is 1. The summed E-state index contributed by atoms with van der Waals surface area (Å²) in [5, 5.41) is 5.41. The molecular formula is C20H22ClN3OS2. The average Bonchev–Trinajstić information content (AvgIpc) is 3.16. The van der Waals surface area contributed by atoms with Gasteiger partial charge in [0.15, 0.2) is 0 Å². The van der Waals surface area contributed by atoms with Crippen molar-refractivity contribution in [3.63, 3.8) is 0 Å². The second kappa shape index (κ2) is 8.80. The molecule has 1 atom stereocenters. The quantitative estimate of drug-likeness (QED) is 0.702. The van der Waals surface area contributed by atoms with Crippen LogP contribution in [0.25, 0.3) is 6.08 Å². The molecule has 0 saturated carbocycles. The second-order valence-corrected chi connectivity index (χ2v) is 9.24. The van der Waals surface area contributed by atoms with Crippen LogP contribution < -0.4 is 14.9 Å². The molecule has 0 radical (unpaired) electrons. The van der Waals surface area contributed by atoms with Gasteiger partial charge in [0.25, 0.3) is 0 Å². The SMILES string of the molecule is O=C1[C@@H](NS/C=C/c2ccc(Cl)s2)CCN1c1ccc2c(c1)CCCNC2. The first-order valence-corrected chi connectivity index (χ1v) is 11.2. The predicted octanol–water partition coefficient (Wildman–Crippen LogP) is 4.45. The van der Waals surface area contributed by atoms with Crippen LogP contribution in [0.15, 0.2) is 35.7 Å². The summed E-state index contributed by atoms with van der Waals surface area (Å²) in [6.45, 7) is 2.74. The van der Waals surface area contributed by atoms with E-state index < -0.39 is 0 Å². The molecule has 4 rings (SSSR count). The summed E-state index contributed by atoms with van der Waals surface area (Å²) >= 11 is 8.93. The van der Waals surface area contributed by atoms with Gasteiger partial charge in [-0.3, -0.25) is 4.79 Å². The van der Waals surface area contributed by atoms with Gasteiger partial charge in [0.1, 0.15) is 0 Å². The highest BCUT2D eigenvalue weighted by Gasteiger charge is 2.32. The van der Waals surface area contributed by atoms with E-state index in [4.69, 9.17) is 11.6 Å². The highest BCUT2D eigenvalue weighted by molar-refractivity contribution is 8.00. The third-order valence-corrected chi connectivity index (χ3v) is 6.82. The molecule has 2 aliphatic heterocycles. The summed E-state index contributed by atoms with van der Waals surface area (Å²) in [4.78, 5) is 15.8. The van der Waals surface area contributed by atoms with Crippen LogP contribution in [0.2, 0.25) is 4.34 Å². The number of hydrogen-bond donors (Lipinski definition) is 2. The number of thiophene rings is 1. The Hall–Kier alpha value is -1.31. The first-order chi connectivity index (χ1) is 13.2. The van der Waals surface area contributed by atoms with E-state index in [-0.39, 0.29) is 11.9 Å². The van der Waals surface area contributed by atoms with E-state index in [0.717, 1.165) is 53.8 Å². The van der Waals surface area contributed by atoms with Gasteiger partial charge in [-0.25, -0.2) is 4.72 Å². The summed E-state index contributed by atoms with van der Waals surface area (Å²) in [6, 6.07) is 10.2. The topological polar surface area (TPSA) is 44.4 Å². The van der Waals surface area contributed by atoms with Gasteiger partial charge in [0, 0.05) is 23.7 Å².